The van der Waals surface area contributed by atoms with E-state index in [1.54, 1.807) is 0 Å². The second-order valence-corrected chi connectivity index (χ2v) is 4.19. The third-order valence-electron chi connectivity index (χ3n) is 2.73. The summed E-state index contributed by atoms with van der Waals surface area (Å²) in [4.78, 5) is 4.28. The summed E-state index contributed by atoms with van der Waals surface area (Å²) in [5.41, 5.74) is 0.0893. The first-order valence-corrected chi connectivity index (χ1v) is 4.78. The second kappa shape index (κ2) is 5.51. The molecule has 1 aliphatic heterocycles. The predicted molar refractivity (Wildman–Crippen MR) is 58.6 cm³/mol. The normalized spacial score (nSPS) is 30.5. The van der Waals surface area contributed by atoms with E-state index >= 15 is 0 Å². The van der Waals surface area contributed by atoms with Crippen molar-refractivity contribution < 1.29 is 19.5 Å². The molecule has 0 spiro atoms. The molecule has 1 nitrogen and oxygen atoms in total. The molecule has 0 bridgehead atoms. The van der Waals surface area contributed by atoms with E-state index in [4.69, 9.17) is 0 Å². The summed E-state index contributed by atoms with van der Waals surface area (Å²) in [5, 5.41) is 0. The largest absolute Gasteiger partial charge is 0.332 e. The van der Waals surface area contributed by atoms with Crippen LogP contribution in [0.15, 0.2) is 29.4 Å². The number of rotatable bonds is 1. The zero-order valence-electron chi connectivity index (χ0n) is 9.24. The average Bonchev–Trinajstić information content (AvgIpc) is 2.06. The number of allylic oxidation sites excluding steroid dienone is 3. The molecule has 1 aliphatic rings. The monoisotopic (exact) mass is 279 g/mol. The maximum Gasteiger partial charge on any atom is 0 e. The van der Waals surface area contributed by atoms with Crippen LogP contribution in [0.2, 0.25) is 0 Å². The summed E-state index contributed by atoms with van der Waals surface area (Å²) < 4.78 is 0. The number of nitrogens with zero attached hydrogens (tertiary/aromatic N) is 1. The van der Waals surface area contributed by atoms with Crippen LogP contribution in [-0.2, 0) is 19.5 Å². The number of hydrogen-bond acceptors (Lipinski definition) is 1. The Morgan fingerprint density at radius 1 is 1.29 bits per heavy atom. The fraction of sp³-hybridized carbons (Fsp3) is 0.500. The summed E-state index contributed by atoms with van der Waals surface area (Å²) in [6, 6.07) is 0. The molecule has 2 heteroatoms. The van der Waals surface area contributed by atoms with Crippen molar-refractivity contribution in [1.82, 2.24) is 0 Å². The third-order valence-corrected chi connectivity index (χ3v) is 2.73. The van der Waals surface area contributed by atoms with Crippen LogP contribution in [0.4, 0.5) is 0 Å². The van der Waals surface area contributed by atoms with Crippen molar-refractivity contribution in [3.8, 4) is 0 Å². The molecular weight excluding hydrogens is 261 g/mol. The van der Waals surface area contributed by atoms with Gasteiger partial charge in [-0.05, 0) is 17.5 Å². The van der Waals surface area contributed by atoms with Gasteiger partial charge in [0.25, 0.3) is 0 Å². The number of hydrogen-bond donors (Lipinski definition) is 0. The van der Waals surface area contributed by atoms with Crippen molar-refractivity contribution in [2.45, 2.75) is 27.7 Å². The molecule has 1 radical (unpaired) electrons. The van der Waals surface area contributed by atoms with Crippen LogP contribution in [0, 0.1) is 17.3 Å². The quantitative estimate of drug-likeness (QED) is 0.515. The van der Waals surface area contributed by atoms with Gasteiger partial charge < -0.3 is 4.99 Å². The van der Waals surface area contributed by atoms with Crippen LogP contribution in [0.5, 0.6) is 0 Å². The molecule has 81 valence electrons. The summed E-state index contributed by atoms with van der Waals surface area (Å²) in [5.74, 6) is 1.83. The van der Waals surface area contributed by atoms with Crippen molar-refractivity contribution in [1.29, 1.82) is 0 Å². The van der Waals surface area contributed by atoms with Gasteiger partial charge in [-0.25, -0.2) is 0 Å². The Balaban J connectivity index is 0.00000169. The van der Waals surface area contributed by atoms with E-state index in [1.807, 2.05) is 18.5 Å². The summed E-state index contributed by atoms with van der Waals surface area (Å²) in [7, 11) is 0. The Hall–Kier alpha value is -0.357. The predicted octanol–water partition coefficient (Wildman–Crippen LogP) is 3.39. The Morgan fingerprint density at radius 2 is 1.93 bits per heavy atom. The SMILES string of the molecule is C[C-]1/C=C\N=CC(C)(C(C)C)/C=C\1.[Rh]. The van der Waals surface area contributed by atoms with Crippen molar-refractivity contribution in [3.63, 3.8) is 0 Å². The molecule has 1 rings (SSSR count). The van der Waals surface area contributed by atoms with E-state index in [2.05, 4.69) is 44.8 Å². The first-order chi connectivity index (χ1) is 6.04. The Labute approximate surface area is 100 Å². The van der Waals surface area contributed by atoms with Crippen LogP contribution in [0.1, 0.15) is 27.7 Å². The molecule has 1 unspecified atom stereocenters. The van der Waals surface area contributed by atoms with Gasteiger partial charge in [-0.3, -0.25) is 0 Å². The third kappa shape index (κ3) is 3.42. The molecule has 0 saturated carbocycles. The smallest absolute Gasteiger partial charge is 0 e. The Morgan fingerprint density at radius 3 is 2.50 bits per heavy atom. The van der Waals surface area contributed by atoms with Gasteiger partial charge >= 0.3 is 0 Å². The Kier molecular flexibility index (Phi) is 5.37. The summed E-state index contributed by atoms with van der Waals surface area (Å²) in [6.45, 7) is 8.74. The zero-order valence-corrected chi connectivity index (χ0v) is 10.9. The summed E-state index contributed by atoms with van der Waals surface area (Å²) in [6.07, 6.45) is 10.3. The molecule has 1 heterocycles. The second-order valence-electron chi connectivity index (χ2n) is 4.19. The van der Waals surface area contributed by atoms with E-state index in [-0.39, 0.29) is 24.9 Å². The van der Waals surface area contributed by atoms with Crippen molar-refractivity contribution in [2.24, 2.45) is 16.3 Å². The first kappa shape index (κ1) is 13.6. The van der Waals surface area contributed by atoms with Crippen LogP contribution in [0.3, 0.4) is 0 Å². The molecule has 0 amide bonds. The van der Waals surface area contributed by atoms with Gasteiger partial charge in [-0.2, -0.15) is 24.1 Å². The van der Waals surface area contributed by atoms with E-state index < -0.39 is 0 Å². The van der Waals surface area contributed by atoms with Gasteiger partial charge in [0, 0.05) is 19.5 Å². The topological polar surface area (TPSA) is 12.4 Å². The number of aliphatic imine (C=N–C) groups is 1. The van der Waals surface area contributed by atoms with E-state index in [1.165, 1.54) is 5.92 Å². The fourth-order valence-corrected chi connectivity index (χ4v) is 1.12. The molecular formula is C12H18NRh-. The first-order valence-electron chi connectivity index (χ1n) is 4.78. The van der Waals surface area contributed by atoms with E-state index in [0.29, 0.717) is 5.92 Å². The van der Waals surface area contributed by atoms with Gasteiger partial charge in [0.15, 0.2) is 0 Å². The van der Waals surface area contributed by atoms with Crippen LogP contribution >= 0.6 is 0 Å². The molecule has 1 atom stereocenters. The van der Waals surface area contributed by atoms with Gasteiger partial charge in [0.05, 0.1) is 0 Å². The molecule has 0 saturated heterocycles. The van der Waals surface area contributed by atoms with Gasteiger partial charge in [-0.15, -0.1) is 0 Å². The van der Waals surface area contributed by atoms with Crippen LogP contribution in [-0.4, -0.2) is 6.21 Å². The minimum absolute atomic E-state index is 0. The molecule has 0 N–H and O–H groups in total. The van der Waals surface area contributed by atoms with Gasteiger partial charge in [0.2, 0.25) is 0 Å². The minimum Gasteiger partial charge on any atom is -0.332 e. The molecule has 0 fully saturated rings. The maximum atomic E-state index is 4.28. The standard InChI is InChI=1S/C12H18N.Rh/c1-10(2)12(4)7-5-11(3)6-8-13-9-12;/h5-10H,1-4H3;/q-1;/b7-5-,8-6-,13-9?;. The van der Waals surface area contributed by atoms with Gasteiger partial charge in [-0.1, -0.05) is 33.9 Å². The maximum absolute atomic E-state index is 4.28. The van der Waals surface area contributed by atoms with Crippen molar-refractivity contribution >= 4 is 6.21 Å². The molecule has 14 heavy (non-hydrogen) atoms. The van der Waals surface area contributed by atoms with Crippen LogP contribution in [0.25, 0.3) is 0 Å². The zero-order chi connectivity index (χ0) is 9.90. The Bertz CT molecular complexity index is 253. The fourth-order valence-electron chi connectivity index (χ4n) is 1.12. The molecule has 0 aromatic carbocycles. The summed E-state index contributed by atoms with van der Waals surface area (Å²) >= 11 is 0. The van der Waals surface area contributed by atoms with E-state index in [9.17, 15) is 0 Å². The molecule has 0 aromatic rings. The average molecular weight is 279 g/mol. The van der Waals surface area contributed by atoms with Crippen molar-refractivity contribution in [2.75, 3.05) is 0 Å². The van der Waals surface area contributed by atoms with Gasteiger partial charge in [0.1, 0.15) is 0 Å². The molecule has 0 aliphatic carbocycles. The minimum atomic E-state index is 0. The molecule has 0 aromatic heterocycles. The van der Waals surface area contributed by atoms with Crippen LogP contribution < -0.4 is 0 Å². The van der Waals surface area contributed by atoms with E-state index in [0.717, 1.165) is 0 Å². The van der Waals surface area contributed by atoms with Crippen molar-refractivity contribution in [3.05, 3.63) is 30.3 Å².